The smallest absolute Gasteiger partial charge is 0.355 e. The number of primary amides is 1. The molecule has 0 saturated heterocycles. The summed E-state index contributed by atoms with van der Waals surface area (Å²) in [6, 6.07) is 10.9. The molecule has 15 heteroatoms. The highest BCUT2D eigenvalue weighted by atomic mass is 32.2. The van der Waals surface area contributed by atoms with Crippen molar-refractivity contribution in [3.05, 3.63) is 71.2 Å². The number of anilines is 3. The number of aromatic nitrogens is 3. The first-order chi connectivity index (χ1) is 19.0. The standard InChI is InChI=1S/C25H23F3N6O5S/c1-12(13-4-7-16(26)8-5-13)38-19-10-15(6-9-17(19)34-40(36,37)25(27)28)22-21(23(29)35)24(32-31-22)30-20-11-18(39-33-20)14-2-3-14/h4-12,14,25,34H,2-3H2,1H3,(H2,29,35)(H2,30,31,32,33)/t12-/m0/s1. The van der Waals surface area contributed by atoms with Gasteiger partial charge in [-0.15, -0.1) is 0 Å². The third kappa shape index (κ3) is 5.73. The van der Waals surface area contributed by atoms with Gasteiger partial charge in [-0.3, -0.25) is 14.6 Å². The molecule has 0 aliphatic heterocycles. The average molecular weight is 577 g/mol. The van der Waals surface area contributed by atoms with Crippen molar-refractivity contribution in [3.63, 3.8) is 0 Å². The Hall–Kier alpha value is -4.53. The lowest BCUT2D eigenvalue weighted by atomic mass is 10.1. The molecular weight excluding hydrogens is 553 g/mol. The fourth-order valence-corrected chi connectivity index (χ4v) is 4.52. The highest BCUT2D eigenvalue weighted by Gasteiger charge is 2.29. The third-order valence-electron chi connectivity index (χ3n) is 6.16. The number of aromatic amines is 1. The Kier molecular flexibility index (Phi) is 7.14. The van der Waals surface area contributed by atoms with E-state index in [2.05, 4.69) is 20.7 Å². The van der Waals surface area contributed by atoms with Crippen LogP contribution >= 0.6 is 0 Å². The molecule has 0 spiro atoms. The summed E-state index contributed by atoms with van der Waals surface area (Å²) in [4.78, 5) is 12.4. The van der Waals surface area contributed by atoms with Crippen LogP contribution in [0.15, 0.2) is 53.1 Å². The minimum Gasteiger partial charge on any atom is -0.484 e. The predicted molar refractivity (Wildman–Crippen MR) is 138 cm³/mol. The van der Waals surface area contributed by atoms with Crippen LogP contribution < -0.4 is 20.5 Å². The van der Waals surface area contributed by atoms with Gasteiger partial charge in [-0.1, -0.05) is 23.4 Å². The monoisotopic (exact) mass is 576 g/mol. The van der Waals surface area contributed by atoms with Crippen LogP contribution in [0.5, 0.6) is 5.75 Å². The number of halogens is 3. The maximum Gasteiger partial charge on any atom is 0.355 e. The van der Waals surface area contributed by atoms with E-state index < -0.39 is 33.6 Å². The van der Waals surface area contributed by atoms with Crippen molar-refractivity contribution >= 4 is 33.3 Å². The number of ether oxygens (including phenoxy) is 1. The topological polar surface area (TPSA) is 165 Å². The van der Waals surface area contributed by atoms with Crippen LogP contribution in [0, 0.1) is 5.82 Å². The second-order valence-electron chi connectivity index (χ2n) is 9.13. The molecule has 2 aromatic heterocycles. The number of hydrogen-bond acceptors (Lipinski definition) is 8. The van der Waals surface area contributed by atoms with E-state index in [1.807, 2.05) is 4.72 Å². The Morgan fingerprint density at radius 3 is 2.55 bits per heavy atom. The largest absolute Gasteiger partial charge is 0.484 e. The first kappa shape index (κ1) is 27.1. The van der Waals surface area contributed by atoms with Gasteiger partial charge in [0.2, 0.25) is 0 Å². The number of carbonyl (C=O) groups excluding carboxylic acids is 1. The molecule has 0 bridgehead atoms. The van der Waals surface area contributed by atoms with Crippen molar-refractivity contribution in [2.75, 3.05) is 10.0 Å². The predicted octanol–water partition coefficient (Wildman–Crippen LogP) is 5.03. The van der Waals surface area contributed by atoms with Crippen molar-refractivity contribution in [1.82, 2.24) is 15.4 Å². The van der Waals surface area contributed by atoms with E-state index in [4.69, 9.17) is 15.0 Å². The second kappa shape index (κ2) is 10.6. The molecule has 2 aromatic carbocycles. The minimum absolute atomic E-state index is 0.0468. The van der Waals surface area contributed by atoms with Crippen LogP contribution in [0.25, 0.3) is 11.3 Å². The lowest BCUT2D eigenvalue weighted by Crippen LogP contribution is -2.21. The average Bonchev–Trinajstić information content (AvgIpc) is 3.50. The molecule has 210 valence electrons. The van der Waals surface area contributed by atoms with E-state index >= 15 is 0 Å². The molecule has 4 aromatic rings. The summed E-state index contributed by atoms with van der Waals surface area (Å²) in [5.74, 6) is -3.70. The molecule has 5 N–H and O–H groups in total. The molecule has 1 saturated carbocycles. The van der Waals surface area contributed by atoms with Gasteiger partial charge in [-0.25, -0.2) is 12.8 Å². The van der Waals surface area contributed by atoms with Crippen LogP contribution in [0.2, 0.25) is 0 Å². The number of amides is 1. The van der Waals surface area contributed by atoms with Gasteiger partial charge in [0, 0.05) is 17.5 Å². The van der Waals surface area contributed by atoms with Crippen LogP contribution in [0.4, 0.5) is 30.5 Å². The molecule has 0 unspecified atom stereocenters. The van der Waals surface area contributed by atoms with Gasteiger partial charge < -0.3 is 20.3 Å². The number of H-pyrrole nitrogens is 1. The molecule has 11 nitrogen and oxygen atoms in total. The number of nitrogens with two attached hydrogens (primary N) is 1. The highest BCUT2D eigenvalue weighted by molar-refractivity contribution is 7.93. The lowest BCUT2D eigenvalue weighted by molar-refractivity contribution is 0.100. The van der Waals surface area contributed by atoms with Gasteiger partial charge in [0.05, 0.1) is 5.69 Å². The van der Waals surface area contributed by atoms with E-state index in [-0.39, 0.29) is 34.1 Å². The fourth-order valence-electron chi connectivity index (χ4n) is 3.96. The second-order valence-corrected chi connectivity index (χ2v) is 10.8. The number of nitrogens with zero attached hydrogens (tertiary/aromatic N) is 2. The zero-order valence-electron chi connectivity index (χ0n) is 20.8. The van der Waals surface area contributed by atoms with E-state index in [9.17, 15) is 26.4 Å². The Morgan fingerprint density at radius 2 is 1.90 bits per heavy atom. The number of rotatable bonds is 11. The van der Waals surface area contributed by atoms with E-state index in [0.717, 1.165) is 12.8 Å². The van der Waals surface area contributed by atoms with Crippen LogP contribution in [-0.4, -0.2) is 35.4 Å². The summed E-state index contributed by atoms with van der Waals surface area (Å²) in [5.41, 5.74) is 6.16. The number of sulfonamides is 1. The summed E-state index contributed by atoms with van der Waals surface area (Å²) >= 11 is 0. The number of alkyl halides is 2. The molecule has 1 aliphatic rings. The lowest BCUT2D eigenvalue weighted by Gasteiger charge is -2.19. The zero-order chi connectivity index (χ0) is 28.6. The van der Waals surface area contributed by atoms with Gasteiger partial charge in [-0.05, 0) is 49.6 Å². The van der Waals surface area contributed by atoms with Gasteiger partial charge in [-0.2, -0.15) is 13.9 Å². The first-order valence-corrected chi connectivity index (χ1v) is 13.5. The molecular formula is C25H23F3N6O5S. The molecule has 2 heterocycles. The van der Waals surface area contributed by atoms with E-state index in [0.29, 0.717) is 23.1 Å². The van der Waals surface area contributed by atoms with Crippen LogP contribution in [-0.2, 0) is 10.0 Å². The van der Waals surface area contributed by atoms with Crippen molar-refractivity contribution in [2.24, 2.45) is 5.73 Å². The normalized spacial score (nSPS) is 14.2. The van der Waals surface area contributed by atoms with Crippen molar-refractivity contribution < 1.29 is 35.6 Å². The molecule has 0 radical (unpaired) electrons. The van der Waals surface area contributed by atoms with Crippen LogP contribution in [0.3, 0.4) is 0 Å². The Bertz CT molecular complexity index is 1650. The quantitative estimate of drug-likeness (QED) is 0.193. The highest BCUT2D eigenvalue weighted by Crippen LogP contribution is 2.41. The fraction of sp³-hybridized carbons (Fsp3) is 0.240. The van der Waals surface area contributed by atoms with Crippen molar-refractivity contribution in [1.29, 1.82) is 0 Å². The van der Waals surface area contributed by atoms with E-state index in [1.54, 1.807) is 13.0 Å². The Balaban J connectivity index is 1.50. The van der Waals surface area contributed by atoms with Gasteiger partial charge in [0.15, 0.2) is 5.82 Å². The number of hydrogen-bond donors (Lipinski definition) is 4. The van der Waals surface area contributed by atoms with Gasteiger partial charge in [0.25, 0.3) is 15.9 Å². The molecule has 5 rings (SSSR count). The molecule has 1 fully saturated rings. The third-order valence-corrected chi connectivity index (χ3v) is 7.13. The minimum atomic E-state index is -5.04. The molecule has 1 atom stereocenters. The number of carbonyl (C=O) groups is 1. The summed E-state index contributed by atoms with van der Waals surface area (Å²) in [5, 5.41) is 13.7. The number of benzene rings is 2. The SMILES string of the molecule is C[C@H](Oc1cc(-c2n[nH]c(Nc3cc(C4CC4)on3)c2C(N)=O)ccc1NS(=O)(=O)C(F)F)c1ccc(F)cc1. The maximum absolute atomic E-state index is 13.4. The first-order valence-electron chi connectivity index (χ1n) is 12.0. The van der Waals surface area contributed by atoms with Gasteiger partial charge >= 0.3 is 5.76 Å². The summed E-state index contributed by atoms with van der Waals surface area (Å²) in [6.07, 6.45) is 1.25. The molecule has 40 heavy (non-hydrogen) atoms. The molecule has 1 amide bonds. The van der Waals surface area contributed by atoms with Crippen LogP contribution in [0.1, 0.15) is 53.5 Å². The summed E-state index contributed by atoms with van der Waals surface area (Å²) in [7, 11) is -5.04. The zero-order valence-corrected chi connectivity index (χ0v) is 21.6. The van der Waals surface area contributed by atoms with Crippen molar-refractivity contribution in [2.45, 2.75) is 37.5 Å². The van der Waals surface area contributed by atoms with Crippen molar-refractivity contribution in [3.8, 4) is 17.0 Å². The van der Waals surface area contributed by atoms with E-state index in [1.165, 1.54) is 42.5 Å². The number of nitrogens with one attached hydrogen (secondary N) is 3. The maximum atomic E-state index is 13.4. The van der Waals surface area contributed by atoms with Gasteiger partial charge in [0.1, 0.15) is 40.5 Å². The Labute approximate surface area is 225 Å². The Morgan fingerprint density at radius 1 is 1.18 bits per heavy atom. The summed E-state index contributed by atoms with van der Waals surface area (Å²) < 4.78 is 76.4. The molecule has 1 aliphatic carbocycles. The summed E-state index contributed by atoms with van der Waals surface area (Å²) in [6.45, 7) is 1.60.